The van der Waals surface area contributed by atoms with Crippen LogP contribution in [0.2, 0.25) is 0 Å². The monoisotopic (exact) mass is 320 g/mol. The molecule has 2 rings (SSSR count). The third kappa shape index (κ3) is 4.61. The second kappa shape index (κ2) is 7.68. The van der Waals surface area contributed by atoms with Gasteiger partial charge in [0, 0.05) is 25.6 Å². The fourth-order valence-corrected chi connectivity index (χ4v) is 2.46. The van der Waals surface area contributed by atoms with E-state index in [1.54, 1.807) is 0 Å². The first kappa shape index (κ1) is 17.6. The zero-order chi connectivity index (χ0) is 16.9. The Kier molecular flexibility index (Phi) is 5.88. The summed E-state index contributed by atoms with van der Waals surface area (Å²) in [5, 5.41) is 6.33. The van der Waals surface area contributed by atoms with Gasteiger partial charge in [-0.1, -0.05) is 6.07 Å². The van der Waals surface area contributed by atoms with Crippen LogP contribution in [-0.2, 0) is 4.79 Å². The number of amides is 1. The van der Waals surface area contributed by atoms with E-state index < -0.39 is 5.41 Å². The third-order valence-corrected chi connectivity index (χ3v) is 4.07. The quantitative estimate of drug-likeness (QED) is 0.846. The summed E-state index contributed by atoms with van der Waals surface area (Å²) in [5.74, 6) is 1.68. The molecule has 0 fully saturated rings. The van der Waals surface area contributed by atoms with Crippen molar-refractivity contribution in [1.82, 2.24) is 10.6 Å². The lowest BCUT2D eigenvalue weighted by Crippen LogP contribution is -2.43. The van der Waals surface area contributed by atoms with Gasteiger partial charge in [0.25, 0.3) is 0 Å². The first-order valence-corrected chi connectivity index (χ1v) is 8.35. The van der Waals surface area contributed by atoms with E-state index in [0.717, 1.165) is 23.5 Å². The number of hydrogen-bond donors (Lipinski definition) is 2. The van der Waals surface area contributed by atoms with Crippen molar-refractivity contribution in [3.63, 3.8) is 0 Å². The van der Waals surface area contributed by atoms with E-state index >= 15 is 0 Å². The highest BCUT2D eigenvalue weighted by Gasteiger charge is 2.27. The van der Waals surface area contributed by atoms with Crippen LogP contribution in [0.25, 0.3) is 0 Å². The van der Waals surface area contributed by atoms with E-state index in [1.165, 1.54) is 0 Å². The van der Waals surface area contributed by atoms with Crippen LogP contribution < -0.4 is 20.1 Å². The van der Waals surface area contributed by atoms with Crippen molar-refractivity contribution in [2.75, 3.05) is 26.3 Å². The molecule has 0 radical (unpaired) electrons. The molecule has 5 nitrogen and oxygen atoms in total. The van der Waals surface area contributed by atoms with E-state index in [9.17, 15) is 4.79 Å². The van der Waals surface area contributed by atoms with Gasteiger partial charge in [0.05, 0.1) is 18.6 Å². The maximum atomic E-state index is 12.1. The zero-order valence-corrected chi connectivity index (χ0v) is 14.6. The molecule has 0 spiro atoms. The molecule has 1 atom stereocenters. The van der Waals surface area contributed by atoms with Crippen LogP contribution >= 0.6 is 0 Å². The molecule has 1 aliphatic rings. The minimum absolute atomic E-state index is 0.0679. The highest BCUT2D eigenvalue weighted by atomic mass is 16.5. The van der Waals surface area contributed by atoms with E-state index in [4.69, 9.17) is 9.47 Å². The smallest absolute Gasteiger partial charge is 0.226 e. The van der Waals surface area contributed by atoms with Crippen molar-refractivity contribution < 1.29 is 14.3 Å². The van der Waals surface area contributed by atoms with E-state index in [-0.39, 0.29) is 11.9 Å². The largest absolute Gasteiger partial charge is 0.490 e. The van der Waals surface area contributed by atoms with Gasteiger partial charge in [-0.05, 0) is 45.4 Å². The maximum absolute atomic E-state index is 12.1. The Balaban J connectivity index is 1.99. The van der Waals surface area contributed by atoms with Gasteiger partial charge < -0.3 is 20.1 Å². The predicted molar refractivity (Wildman–Crippen MR) is 90.9 cm³/mol. The Labute approximate surface area is 138 Å². The fraction of sp³-hybridized carbons (Fsp3) is 0.611. The van der Waals surface area contributed by atoms with Crippen molar-refractivity contribution in [3.8, 4) is 11.5 Å². The Morgan fingerprint density at radius 2 is 1.96 bits per heavy atom. The number of benzene rings is 1. The summed E-state index contributed by atoms with van der Waals surface area (Å²) >= 11 is 0. The molecule has 0 saturated heterocycles. The number of nitrogens with one attached hydrogen (secondary N) is 2. The highest BCUT2D eigenvalue weighted by Crippen LogP contribution is 2.32. The average molecular weight is 320 g/mol. The normalized spacial score (nSPS) is 15.7. The molecule has 0 saturated carbocycles. The standard InChI is InChI=1S/C18H28N2O3/c1-5-19-17(21)18(3,4)12-20-13(2)14-7-8-15-16(11-14)23-10-6-9-22-15/h7-8,11,13,20H,5-6,9-10,12H2,1-4H3,(H,19,21). The average Bonchev–Trinajstić information content (AvgIpc) is 2.77. The molecule has 1 aromatic carbocycles. The van der Waals surface area contributed by atoms with Crippen LogP contribution in [0.1, 0.15) is 45.7 Å². The maximum Gasteiger partial charge on any atom is 0.226 e. The number of hydrogen-bond acceptors (Lipinski definition) is 4. The van der Waals surface area contributed by atoms with Crippen molar-refractivity contribution in [3.05, 3.63) is 23.8 Å². The molecule has 1 amide bonds. The molecular formula is C18H28N2O3. The van der Waals surface area contributed by atoms with Gasteiger partial charge in [-0.2, -0.15) is 0 Å². The second-order valence-corrected chi connectivity index (χ2v) is 6.60. The van der Waals surface area contributed by atoms with Crippen LogP contribution in [0.5, 0.6) is 11.5 Å². The van der Waals surface area contributed by atoms with Crippen molar-refractivity contribution in [1.29, 1.82) is 0 Å². The molecule has 0 aliphatic carbocycles. The molecule has 1 unspecified atom stereocenters. The third-order valence-electron chi connectivity index (χ3n) is 4.07. The topological polar surface area (TPSA) is 59.6 Å². The summed E-state index contributed by atoms with van der Waals surface area (Å²) in [6, 6.07) is 6.16. The summed E-state index contributed by atoms with van der Waals surface area (Å²) < 4.78 is 11.4. The Hall–Kier alpha value is -1.75. The summed E-state index contributed by atoms with van der Waals surface area (Å²) in [6.45, 7) is 10.6. The van der Waals surface area contributed by atoms with Crippen LogP contribution in [0.3, 0.4) is 0 Å². The van der Waals surface area contributed by atoms with Crippen molar-refractivity contribution in [2.45, 2.75) is 40.2 Å². The molecule has 5 heteroatoms. The molecular weight excluding hydrogens is 292 g/mol. The number of ether oxygens (including phenoxy) is 2. The minimum atomic E-state index is -0.449. The molecule has 1 aromatic rings. The predicted octanol–water partition coefficient (Wildman–Crippen LogP) is 2.66. The minimum Gasteiger partial charge on any atom is -0.490 e. The second-order valence-electron chi connectivity index (χ2n) is 6.60. The molecule has 128 valence electrons. The summed E-state index contributed by atoms with van der Waals surface area (Å²) in [7, 11) is 0. The number of fused-ring (bicyclic) bond motifs is 1. The molecule has 1 heterocycles. The molecule has 0 aromatic heterocycles. The van der Waals surface area contributed by atoms with Gasteiger partial charge in [-0.25, -0.2) is 0 Å². The Morgan fingerprint density at radius 1 is 1.26 bits per heavy atom. The van der Waals surface area contributed by atoms with Crippen molar-refractivity contribution in [2.24, 2.45) is 5.41 Å². The fourth-order valence-electron chi connectivity index (χ4n) is 2.46. The highest BCUT2D eigenvalue weighted by molar-refractivity contribution is 5.81. The van der Waals surface area contributed by atoms with Gasteiger partial charge in [-0.15, -0.1) is 0 Å². The lowest BCUT2D eigenvalue weighted by Gasteiger charge is -2.26. The Bertz CT molecular complexity index is 543. The van der Waals surface area contributed by atoms with Gasteiger partial charge in [0.15, 0.2) is 11.5 Å². The number of carbonyl (C=O) groups excluding carboxylic acids is 1. The number of carbonyl (C=O) groups is 1. The Morgan fingerprint density at radius 3 is 2.65 bits per heavy atom. The lowest BCUT2D eigenvalue weighted by molar-refractivity contribution is -0.129. The van der Waals surface area contributed by atoms with Gasteiger partial charge in [0.2, 0.25) is 5.91 Å². The van der Waals surface area contributed by atoms with E-state index in [2.05, 4.69) is 17.6 Å². The summed E-state index contributed by atoms with van der Waals surface area (Å²) in [6.07, 6.45) is 0.901. The molecule has 23 heavy (non-hydrogen) atoms. The first-order chi connectivity index (χ1) is 10.9. The zero-order valence-electron chi connectivity index (χ0n) is 14.6. The molecule has 1 aliphatic heterocycles. The van der Waals surface area contributed by atoms with Crippen LogP contribution in [-0.4, -0.2) is 32.2 Å². The molecule has 2 N–H and O–H groups in total. The summed E-state index contributed by atoms with van der Waals surface area (Å²) in [5.41, 5.74) is 0.677. The van der Waals surface area contributed by atoms with E-state index in [1.807, 2.05) is 39.0 Å². The SMILES string of the molecule is CCNC(=O)C(C)(C)CNC(C)c1ccc2c(c1)OCCCO2. The summed E-state index contributed by atoms with van der Waals surface area (Å²) in [4.78, 5) is 12.1. The van der Waals surface area contributed by atoms with Crippen LogP contribution in [0, 0.1) is 5.41 Å². The van der Waals surface area contributed by atoms with Crippen LogP contribution in [0.4, 0.5) is 0 Å². The van der Waals surface area contributed by atoms with Gasteiger partial charge in [-0.3, -0.25) is 4.79 Å². The number of rotatable bonds is 6. The van der Waals surface area contributed by atoms with Gasteiger partial charge in [0.1, 0.15) is 0 Å². The lowest BCUT2D eigenvalue weighted by atomic mass is 9.91. The first-order valence-electron chi connectivity index (χ1n) is 8.35. The van der Waals surface area contributed by atoms with E-state index in [0.29, 0.717) is 26.3 Å². The molecule has 0 bridgehead atoms. The van der Waals surface area contributed by atoms with Crippen LogP contribution in [0.15, 0.2) is 18.2 Å². The van der Waals surface area contributed by atoms with Crippen molar-refractivity contribution >= 4 is 5.91 Å². The van der Waals surface area contributed by atoms with Gasteiger partial charge >= 0.3 is 0 Å².